The minimum Gasteiger partial charge on any atom is -0.378 e. The SMILES string of the molecule is Cc1cc(NS(=O)(=O)c2ccc(C(C)(C)C)cc2)n(-c2cccc3cnncc23)n1.Cc1cc(NS(=O)(=O)c2ccc(C(C)(C)C)cc2)n(-c2cccc3nccc(C)c23)n1.Cc1cc(NS(=O)(=O)c2ccc(N3CCOCC3)cc2)n(-c2cccc3ncccc23)n1. The molecule has 1 aliphatic heterocycles. The standard InChI is InChI=1S/C24H26N4O2S.C23H23N5O3S.C22H23N5O2S/c1-16-13-14-25-20-7-6-8-21(23(16)20)28-22(15-17(2)26-28)27-31(29,30)19-11-9-18(10-12-19)24(3,4)5;1-17-16-23(28(25-17)22-6-2-5-21-20(22)4-3-11-24-21)26-32(29,30)19-9-7-18(8-10-19)27-12-14-31-15-13-27;1-15-12-21(26-30(28,29)18-10-8-17(9-11-18)22(2,3)4)27(25-15)20-7-5-6-16-13-23-24-14-19(16)20/h6-15,27H,1-5H3;2-11,16,26H,12-15H2,1H3;5-14,26H,1-4H3. The minimum absolute atomic E-state index is 0.0499. The largest absolute Gasteiger partial charge is 0.378 e. The third-order valence-electron chi connectivity index (χ3n) is 15.6. The number of nitrogens with zero attached hydrogens (tertiary/aromatic N) is 11. The van der Waals surface area contributed by atoms with Gasteiger partial charge in [0, 0.05) is 70.9 Å². The first-order valence-electron chi connectivity index (χ1n) is 30.0. The molecule has 6 aromatic carbocycles. The predicted octanol–water partition coefficient (Wildman–Crippen LogP) is 12.7. The highest BCUT2D eigenvalue weighted by molar-refractivity contribution is 7.93. The summed E-state index contributed by atoms with van der Waals surface area (Å²) in [6.45, 7) is 23.0. The Morgan fingerprint density at radius 3 is 1.38 bits per heavy atom. The molecule has 21 nitrogen and oxygen atoms in total. The van der Waals surface area contributed by atoms with Gasteiger partial charge in [-0.2, -0.15) is 25.5 Å². The van der Waals surface area contributed by atoms with E-state index in [1.165, 1.54) is 0 Å². The number of aromatic nitrogens is 10. The van der Waals surface area contributed by atoms with E-state index < -0.39 is 30.1 Å². The van der Waals surface area contributed by atoms with Crippen molar-refractivity contribution in [3.63, 3.8) is 0 Å². The van der Waals surface area contributed by atoms with Crippen LogP contribution in [-0.2, 0) is 45.6 Å². The number of ether oxygens (including phenoxy) is 1. The molecule has 1 aliphatic rings. The molecule has 0 radical (unpaired) electrons. The van der Waals surface area contributed by atoms with Crippen molar-refractivity contribution in [3.05, 3.63) is 222 Å². The first-order valence-corrected chi connectivity index (χ1v) is 34.5. The van der Waals surface area contributed by atoms with E-state index in [2.05, 4.69) is 96.1 Å². The first kappa shape index (κ1) is 64.6. The van der Waals surface area contributed by atoms with Crippen molar-refractivity contribution in [2.24, 2.45) is 0 Å². The molecule has 12 aromatic rings. The van der Waals surface area contributed by atoms with E-state index in [1.54, 1.807) is 93.4 Å². The van der Waals surface area contributed by atoms with Crippen LogP contribution in [0.3, 0.4) is 0 Å². The number of aryl methyl sites for hydroxylation is 4. The molecule has 0 atom stereocenters. The van der Waals surface area contributed by atoms with Gasteiger partial charge < -0.3 is 9.64 Å². The Kier molecular flexibility index (Phi) is 18.1. The molecule has 478 valence electrons. The van der Waals surface area contributed by atoms with Crippen molar-refractivity contribution < 1.29 is 30.0 Å². The van der Waals surface area contributed by atoms with Crippen molar-refractivity contribution in [2.75, 3.05) is 45.4 Å². The predicted molar refractivity (Wildman–Crippen MR) is 366 cm³/mol. The van der Waals surface area contributed by atoms with Gasteiger partial charge in [-0.25, -0.2) is 39.3 Å². The van der Waals surface area contributed by atoms with Gasteiger partial charge in [-0.05, 0) is 152 Å². The van der Waals surface area contributed by atoms with Crippen molar-refractivity contribution in [1.29, 1.82) is 0 Å². The van der Waals surface area contributed by atoms with Gasteiger partial charge in [0.15, 0.2) is 0 Å². The first-order chi connectivity index (χ1) is 44.2. The molecule has 0 spiro atoms. The second kappa shape index (κ2) is 26.0. The maximum Gasteiger partial charge on any atom is 0.263 e. The molecule has 1 saturated heterocycles. The van der Waals surface area contributed by atoms with Gasteiger partial charge in [-0.15, -0.1) is 0 Å². The minimum atomic E-state index is -3.80. The Hall–Kier alpha value is -9.88. The second-order valence-corrected chi connectivity index (χ2v) is 29.7. The van der Waals surface area contributed by atoms with Crippen LogP contribution in [0.25, 0.3) is 49.6 Å². The molecular weight excluding hydrogens is 1230 g/mol. The van der Waals surface area contributed by atoms with Gasteiger partial charge in [0.05, 0.1) is 85.5 Å². The number of benzene rings is 6. The molecule has 3 N–H and O–H groups in total. The van der Waals surface area contributed by atoms with Crippen LogP contribution >= 0.6 is 0 Å². The van der Waals surface area contributed by atoms with Crippen LogP contribution in [0.1, 0.15) is 75.3 Å². The fourth-order valence-corrected chi connectivity index (χ4v) is 13.9. The summed E-state index contributed by atoms with van der Waals surface area (Å²) in [5, 5.41) is 25.0. The van der Waals surface area contributed by atoms with Crippen LogP contribution in [0, 0.1) is 27.7 Å². The number of morpholine rings is 1. The average molecular weight is 1310 g/mol. The topological polar surface area (TPSA) is 256 Å². The lowest BCUT2D eigenvalue weighted by atomic mass is 9.87. The molecule has 0 unspecified atom stereocenters. The number of nitrogens with one attached hydrogen (secondary N) is 3. The zero-order chi connectivity index (χ0) is 66.0. The summed E-state index contributed by atoms with van der Waals surface area (Å²) < 4.78 is 96.9. The number of pyridine rings is 2. The Labute approximate surface area is 541 Å². The maximum atomic E-state index is 13.1. The molecule has 0 aliphatic carbocycles. The Bertz CT molecular complexity index is 5040. The number of sulfonamides is 3. The van der Waals surface area contributed by atoms with Gasteiger partial charge in [-0.3, -0.25) is 24.1 Å². The van der Waals surface area contributed by atoms with Crippen LogP contribution < -0.4 is 19.1 Å². The van der Waals surface area contributed by atoms with Gasteiger partial charge in [0.1, 0.15) is 17.5 Å². The molecule has 93 heavy (non-hydrogen) atoms. The lowest BCUT2D eigenvalue weighted by Gasteiger charge is -2.28. The summed E-state index contributed by atoms with van der Waals surface area (Å²) in [5.74, 6) is 1.11. The monoisotopic (exact) mass is 1300 g/mol. The number of anilines is 4. The molecule has 24 heteroatoms. The molecule has 7 heterocycles. The maximum absolute atomic E-state index is 13.1. The molecular formula is C69H72N14O7S3. The summed E-state index contributed by atoms with van der Waals surface area (Å²) in [6.07, 6.45) is 6.80. The fraction of sp³-hybridized carbons (Fsp3) is 0.232. The third-order valence-corrected chi connectivity index (χ3v) is 19.7. The van der Waals surface area contributed by atoms with Gasteiger partial charge in [-0.1, -0.05) is 90.1 Å². The van der Waals surface area contributed by atoms with Crippen molar-refractivity contribution >= 4 is 85.8 Å². The second-order valence-electron chi connectivity index (χ2n) is 24.6. The van der Waals surface area contributed by atoms with Crippen LogP contribution in [0.5, 0.6) is 0 Å². The quantitative estimate of drug-likeness (QED) is 0.0970. The summed E-state index contributed by atoms with van der Waals surface area (Å²) in [4.78, 5) is 11.6. The van der Waals surface area contributed by atoms with E-state index in [0.29, 0.717) is 47.7 Å². The lowest BCUT2D eigenvalue weighted by molar-refractivity contribution is 0.122. The highest BCUT2D eigenvalue weighted by atomic mass is 32.2. The Morgan fingerprint density at radius 2 is 0.871 bits per heavy atom. The zero-order valence-corrected chi connectivity index (χ0v) is 55.7. The smallest absolute Gasteiger partial charge is 0.263 e. The number of hydrogen-bond donors (Lipinski definition) is 3. The number of fused-ring (bicyclic) bond motifs is 3. The summed E-state index contributed by atoms with van der Waals surface area (Å²) in [5.41, 5.74) is 10.1. The molecule has 1 fully saturated rings. The van der Waals surface area contributed by atoms with Crippen LogP contribution in [0.15, 0.2) is 203 Å². The van der Waals surface area contributed by atoms with Crippen LogP contribution in [0.4, 0.5) is 23.1 Å². The molecule has 0 bridgehead atoms. The highest BCUT2D eigenvalue weighted by Crippen LogP contribution is 2.33. The highest BCUT2D eigenvalue weighted by Gasteiger charge is 2.25. The van der Waals surface area contributed by atoms with E-state index >= 15 is 0 Å². The Morgan fingerprint density at radius 1 is 0.441 bits per heavy atom. The van der Waals surface area contributed by atoms with Gasteiger partial charge in [0.2, 0.25) is 0 Å². The summed E-state index contributed by atoms with van der Waals surface area (Å²) >= 11 is 0. The van der Waals surface area contributed by atoms with E-state index in [-0.39, 0.29) is 25.5 Å². The third kappa shape index (κ3) is 14.4. The zero-order valence-electron chi connectivity index (χ0n) is 53.2. The normalized spacial score (nSPS) is 13.1. The van der Waals surface area contributed by atoms with Crippen LogP contribution in [-0.4, -0.2) is 101 Å². The number of hydrogen-bond acceptors (Lipinski definition) is 15. The van der Waals surface area contributed by atoms with Crippen molar-refractivity contribution in [3.8, 4) is 17.1 Å². The molecule has 13 rings (SSSR count). The van der Waals surface area contributed by atoms with Crippen LogP contribution in [0.2, 0.25) is 0 Å². The molecule has 0 amide bonds. The van der Waals surface area contributed by atoms with E-state index in [9.17, 15) is 25.3 Å². The lowest BCUT2D eigenvalue weighted by Crippen LogP contribution is -2.36. The Balaban J connectivity index is 0.000000143. The molecule has 6 aromatic heterocycles. The average Bonchev–Trinajstić information content (AvgIpc) is 1.73. The van der Waals surface area contributed by atoms with Gasteiger partial charge >= 0.3 is 0 Å². The van der Waals surface area contributed by atoms with Gasteiger partial charge in [0.25, 0.3) is 30.1 Å². The van der Waals surface area contributed by atoms with E-state index in [0.717, 1.165) is 85.1 Å². The number of rotatable bonds is 13. The van der Waals surface area contributed by atoms with E-state index in [1.807, 2.05) is 137 Å². The summed E-state index contributed by atoms with van der Waals surface area (Å²) in [7, 11) is -11.4. The molecule has 0 saturated carbocycles. The summed E-state index contributed by atoms with van der Waals surface area (Å²) in [6, 6.07) is 48.8. The van der Waals surface area contributed by atoms with Crippen molar-refractivity contribution in [1.82, 2.24) is 49.5 Å². The fourth-order valence-electron chi connectivity index (χ4n) is 10.8. The van der Waals surface area contributed by atoms with E-state index in [4.69, 9.17) is 4.74 Å². The van der Waals surface area contributed by atoms with Crippen molar-refractivity contribution in [2.45, 2.75) is 94.8 Å².